The summed E-state index contributed by atoms with van der Waals surface area (Å²) in [5, 5.41) is 6.74. The minimum atomic E-state index is 0.251. The zero-order valence-electron chi connectivity index (χ0n) is 10.7. The van der Waals surface area contributed by atoms with Gasteiger partial charge in [0.25, 0.3) is 0 Å². The molecule has 0 amide bonds. The predicted octanol–water partition coefficient (Wildman–Crippen LogP) is 4.24. The smallest absolute Gasteiger partial charge is 0.0898 e. The third kappa shape index (κ3) is 3.07. The van der Waals surface area contributed by atoms with Crippen LogP contribution < -0.4 is 5.32 Å². The Bertz CT molecular complexity index is 496. The molecule has 0 saturated carbocycles. The van der Waals surface area contributed by atoms with Gasteiger partial charge in [-0.05, 0) is 51.0 Å². The summed E-state index contributed by atoms with van der Waals surface area (Å²) >= 11 is 1.70. The molecule has 0 aliphatic carbocycles. The van der Waals surface area contributed by atoms with Gasteiger partial charge in [-0.15, -0.1) is 11.3 Å². The van der Waals surface area contributed by atoms with Gasteiger partial charge in [-0.2, -0.15) is 0 Å². The highest BCUT2D eigenvalue weighted by Crippen LogP contribution is 2.22. The number of aryl methyl sites for hydroxylation is 3. The molecule has 0 radical (unpaired) electrons. The van der Waals surface area contributed by atoms with Crippen LogP contribution in [-0.4, -0.2) is 4.98 Å². The summed E-state index contributed by atoms with van der Waals surface area (Å²) in [5.74, 6) is 0. The van der Waals surface area contributed by atoms with Crippen LogP contribution in [0.2, 0.25) is 0 Å². The number of hydrogen-bond donors (Lipinski definition) is 1. The van der Waals surface area contributed by atoms with Crippen molar-refractivity contribution in [2.24, 2.45) is 0 Å². The Morgan fingerprint density at radius 1 is 1.12 bits per heavy atom. The molecule has 0 fully saturated rings. The molecule has 0 aliphatic heterocycles. The molecular weight excluding hydrogens is 228 g/mol. The third-order valence-corrected chi connectivity index (χ3v) is 3.48. The van der Waals surface area contributed by atoms with Gasteiger partial charge in [-0.3, -0.25) is 0 Å². The van der Waals surface area contributed by atoms with Crippen LogP contribution in [0.1, 0.15) is 34.8 Å². The molecule has 1 unspecified atom stereocenters. The fraction of sp³-hybridized carbons (Fsp3) is 0.357. The molecule has 1 aromatic carbocycles. The van der Waals surface area contributed by atoms with Crippen molar-refractivity contribution in [2.45, 2.75) is 33.7 Å². The molecule has 1 aromatic heterocycles. The van der Waals surface area contributed by atoms with E-state index in [0.717, 1.165) is 10.7 Å². The maximum Gasteiger partial charge on any atom is 0.0898 e. The summed E-state index contributed by atoms with van der Waals surface area (Å²) in [6, 6.07) is 6.77. The van der Waals surface area contributed by atoms with Gasteiger partial charge < -0.3 is 5.32 Å². The highest BCUT2D eigenvalue weighted by molar-refractivity contribution is 7.09. The fourth-order valence-corrected chi connectivity index (χ4v) is 2.67. The number of anilines is 1. The number of nitrogens with zero attached hydrogens (tertiary/aromatic N) is 1. The van der Waals surface area contributed by atoms with Crippen molar-refractivity contribution >= 4 is 17.0 Å². The highest BCUT2D eigenvalue weighted by atomic mass is 32.1. The standard InChI is InChI=1S/C14H18N2S/c1-9-5-10(2)7-13(6-9)15-11(3)14-8-17-12(4)16-14/h5-8,11,15H,1-4H3. The molecule has 2 nitrogen and oxygen atoms in total. The lowest BCUT2D eigenvalue weighted by Gasteiger charge is -2.14. The first-order chi connectivity index (χ1) is 8.04. The van der Waals surface area contributed by atoms with Crippen LogP contribution >= 0.6 is 11.3 Å². The van der Waals surface area contributed by atoms with Gasteiger partial charge in [0.05, 0.1) is 16.7 Å². The van der Waals surface area contributed by atoms with Gasteiger partial charge in [0.2, 0.25) is 0 Å². The summed E-state index contributed by atoms with van der Waals surface area (Å²) in [5.41, 5.74) is 4.86. The van der Waals surface area contributed by atoms with Crippen LogP contribution in [0, 0.1) is 20.8 Å². The molecule has 0 spiro atoms. The van der Waals surface area contributed by atoms with E-state index in [0.29, 0.717) is 0 Å². The van der Waals surface area contributed by atoms with Crippen LogP contribution in [0.4, 0.5) is 5.69 Å². The highest BCUT2D eigenvalue weighted by Gasteiger charge is 2.08. The molecule has 0 saturated heterocycles. The Balaban J connectivity index is 2.15. The quantitative estimate of drug-likeness (QED) is 0.876. The van der Waals surface area contributed by atoms with Gasteiger partial charge in [0.15, 0.2) is 0 Å². The van der Waals surface area contributed by atoms with Crippen molar-refractivity contribution in [3.8, 4) is 0 Å². The molecule has 0 aliphatic rings. The van der Waals surface area contributed by atoms with E-state index < -0.39 is 0 Å². The Labute approximate surface area is 107 Å². The molecule has 2 rings (SSSR count). The average Bonchev–Trinajstić information content (AvgIpc) is 2.63. The van der Waals surface area contributed by atoms with Crippen molar-refractivity contribution < 1.29 is 0 Å². The molecule has 2 aromatic rings. The minimum absolute atomic E-state index is 0.251. The van der Waals surface area contributed by atoms with Gasteiger partial charge >= 0.3 is 0 Å². The van der Waals surface area contributed by atoms with E-state index in [2.05, 4.69) is 54.7 Å². The summed E-state index contributed by atoms with van der Waals surface area (Å²) in [6.45, 7) is 8.43. The van der Waals surface area contributed by atoms with E-state index in [1.807, 2.05) is 6.92 Å². The van der Waals surface area contributed by atoms with Crippen molar-refractivity contribution in [1.82, 2.24) is 4.98 Å². The van der Waals surface area contributed by atoms with E-state index in [4.69, 9.17) is 0 Å². The monoisotopic (exact) mass is 246 g/mol. The number of rotatable bonds is 3. The zero-order valence-corrected chi connectivity index (χ0v) is 11.6. The summed E-state index contributed by atoms with van der Waals surface area (Å²) in [7, 11) is 0. The van der Waals surface area contributed by atoms with E-state index >= 15 is 0 Å². The molecule has 3 heteroatoms. The number of benzene rings is 1. The van der Waals surface area contributed by atoms with E-state index in [1.54, 1.807) is 11.3 Å². The number of aromatic nitrogens is 1. The number of nitrogens with one attached hydrogen (secondary N) is 1. The first-order valence-corrected chi connectivity index (χ1v) is 6.69. The number of hydrogen-bond acceptors (Lipinski definition) is 3. The second-order valence-corrected chi connectivity index (χ2v) is 5.60. The Morgan fingerprint density at radius 3 is 2.29 bits per heavy atom. The second-order valence-electron chi connectivity index (χ2n) is 4.53. The maximum absolute atomic E-state index is 4.51. The van der Waals surface area contributed by atoms with Gasteiger partial charge in [0.1, 0.15) is 0 Å². The minimum Gasteiger partial charge on any atom is -0.377 e. The SMILES string of the molecule is Cc1cc(C)cc(NC(C)c2csc(C)n2)c1. The van der Waals surface area contributed by atoms with Crippen molar-refractivity contribution in [3.63, 3.8) is 0 Å². The second kappa shape index (κ2) is 4.88. The molecule has 0 bridgehead atoms. The molecule has 1 atom stereocenters. The lowest BCUT2D eigenvalue weighted by Crippen LogP contribution is -2.07. The molecule has 1 heterocycles. The largest absolute Gasteiger partial charge is 0.377 e. The van der Waals surface area contributed by atoms with Crippen LogP contribution in [0.3, 0.4) is 0 Å². The fourth-order valence-electron chi connectivity index (χ4n) is 1.96. The van der Waals surface area contributed by atoms with Crippen LogP contribution in [0.25, 0.3) is 0 Å². The molecular formula is C14H18N2S. The van der Waals surface area contributed by atoms with Crippen LogP contribution in [0.15, 0.2) is 23.6 Å². The van der Waals surface area contributed by atoms with Crippen LogP contribution in [0.5, 0.6) is 0 Å². The van der Waals surface area contributed by atoms with Gasteiger partial charge in [-0.1, -0.05) is 6.07 Å². The Morgan fingerprint density at radius 2 is 1.76 bits per heavy atom. The Hall–Kier alpha value is -1.35. The zero-order chi connectivity index (χ0) is 12.4. The Kier molecular flexibility index (Phi) is 3.48. The average molecular weight is 246 g/mol. The first-order valence-electron chi connectivity index (χ1n) is 5.81. The molecule has 1 N–H and O–H groups in total. The summed E-state index contributed by atoms with van der Waals surface area (Å²) in [6.07, 6.45) is 0. The summed E-state index contributed by atoms with van der Waals surface area (Å²) in [4.78, 5) is 4.51. The number of thiazole rings is 1. The summed E-state index contributed by atoms with van der Waals surface area (Å²) < 4.78 is 0. The van der Waals surface area contributed by atoms with E-state index in [-0.39, 0.29) is 6.04 Å². The van der Waals surface area contributed by atoms with E-state index in [1.165, 1.54) is 16.8 Å². The normalized spacial score (nSPS) is 12.5. The molecule has 90 valence electrons. The first kappa shape index (κ1) is 12.1. The van der Waals surface area contributed by atoms with Crippen molar-refractivity contribution in [1.29, 1.82) is 0 Å². The lowest BCUT2D eigenvalue weighted by molar-refractivity contribution is 0.845. The van der Waals surface area contributed by atoms with Gasteiger partial charge in [-0.25, -0.2) is 4.98 Å². The van der Waals surface area contributed by atoms with Crippen molar-refractivity contribution in [3.05, 3.63) is 45.4 Å². The van der Waals surface area contributed by atoms with Crippen LogP contribution in [-0.2, 0) is 0 Å². The van der Waals surface area contributed by atoms with E-state index in [9.17, 15) is 0 Å². The third-order valence-electron chi connectivity index (χ3n) is 2.69. The van der Waals surface area contributed by atoms with Crippen molar-refractivity contribution in [2.75, 3.05) is 5.32 Å². The maximum atomic E-state index is 4.51. The van der Waals surface area contributed by atoms with Gasteiger partial charge in [0, 0.05) is 11.1 Å². The predicted molar refractivity (Wildman–Crippen MR) is 74.8 cm³/mol. The molecule has 17 heavy (non-hydrogen) atoms. The lowest BCUT2D eigenvalue weighted by atomic mass is 10.1. The topological polar surface area (TPSA) is 24.9 Å².